The van der Waals surface area contributed by atoms with Crippen molar-refractivity contribution in [1.82, 2.24) is 4.90 Å². The third-order valence-electron chi connectivity index (χ3n) is 5.69. The van der Waals surface area contributed by atoms with Crippen LogP contribution in [0.2, 0.25) is 0 Å². The molecule has 0 fully saturated rings. The molecular weight excluding hydrogens is 388 g/mol. The van der Waals surface area contributed by atoms with E-state index in [4.69, 9.17) is 11.5 Å². The molecule has 0 saturated carbocycles. The van der Waals surface area contributed by atoms with Crippen molar-refractivity contribution < 1.29 is 14.4 Å². The number of amides is 3. The lowest BCUT2D eigenvalue weighted by atomic mass is 9.93. The molecule has 5 N–H and O–H groups in total. The molecule has 1 aromatic heterocycles. The van der Waals surface area contributed by atoms with E-state index in [0.717, 1.165) is 47.3 Å². The number of hydrogen-bond donors (Lipinski definition) is 3. The van der Waals surface area contributed by atoms with Crippen molar-refractivity contribution in [2.45, 2.75) is 44.7 Å². The fourth-order valence-corrected chi connectivity index (χ4v) is 5.60. The van der Waals surface area contributed by atoms with Gasteiger partial charge in [0, 0.05) is 11.4 Å². The Bertz CT molecular complexity index is 984. The van der Waals surface area contributed by atoms with Crippen molar-refractivity contribution in [2.24, 2.45) is 11.5 Å². The van der Waals surface area contributed by atoms with Gasteiger partial charge >= 0.3 is 0 Å². The standard InChI is InChI=1S/C21H24N4O3S/c22-19(27)15-9-12-5-1-2-6-13(12)10-25(15)11-17(26)24-21-18(20(23)28)14-7-3-4-8-16(14)29-21/h1-2,5-6,15H,3-4,7-11H2,(H2,22,27)(H2,23,28)(H,24,26)/t15-/m0/s1. The van der Waals surface area contributed by atoms with Crippen LogP contribution in [0.3, 0.4) is 0 Å². The number of carbonyl (C=O) groups is 3. The molecular formula is C21H24N4O3S. The van der Waals surface area contributed by atoms with Crippen LogP contribution >= 0.6 is 11.3 Å². The summed E-state index contributed by atoms with van der Waals surface area (Å²) in [7, 11) is 0. The maximum absolute atomic E-state index is 12.8. The van der Waals surface area contributed by atoms with E-state index in [1.54, 1.807) is 4.90 Å². The van der Waals surface area contributed by atoms with Crippen molar-refractivity contribution >= 4 is 34.1 Å². The molecule has 1 aliphatic carbocycles. The Balaban J connectivity index is 1.53. The molecule has 0 spiro atoms. The van der Waals surface area contributed by atoms with Gasteiger partial charge in [0.15, 0.2) is 0 Å². The largest absolute Gasteiger partial charge is 0.368 e. The number of aryl methyl sites for hydroxylation is 1. The van der Waals surface area contributed by atoms with Gasteiger partial charge in [-0.1, -0.05) is 24.3 Å². The van der Waals surface area contributed by atoms with E-state index in [1.165, 1.54) is 11.3 Å². The quantitative estimate of drug-likeness (QED) is 0.691. The van der Waals surface area contributed by atoms with Crippen molar-refractivity contribution in [3.63, 3.8) is 0 Å². The van der Waals surface area contributed by atoms with Crippen LogP contribution in [0.25, 0.3) is 0 Å². The lowest BCUT2D eigenvalue weighted by Gasteiger charge is -2.34. The summed E-state index contributed by atoms with van der Waals surface area (Å²) in [6.45, 7) is 0.490. The molecule has 0 bridgehead atoms. The van der Waals surface area contributed by atoms with Gasteiger partial charge in [0.1, 0.15) is 5.00 Å². The number of nitrogens with zero attached hydrogens (tertiary/aromatic N) is 1. The summed E-state index contributed by atoms with van der Waals surface area (Å²) in [6.07, 6.45) is 4.30. The smallest absolute Gasteiger partial charge is 0.251 e. The second-order valence-corrected chi connectivity index (χ2v) is 8.73. The van der Waals surface area contributed by atoms with Gasteiger partial charge in [-0.05, 0) is 48.8 Å². The van der Waals surface area contributed by atoms with Crippen molar-refractivity contribution in [3.05, 3.63) is 51.4 Å². The normalized spacial score (nSPS) is 18.6. The lowest BCUT2D eigenvalue weighted by molar-refractivity contribution is -0.125. The minimum absolute atomic E-state index is 0.0166. The predicted molar refractivity (Wildman–Crippen MR) is 112 cm³/mol. The van der Waals surface area contributed by atoms with E-state index in [9.17, 15) is 14.4 Å². The molecule has 8 heteroatoms. The van der Waals surface area contributed by atoms with Crippen LogP contribution in [0.4, 0.5) is 5.00 Å². The summed E-state index contributed by atoms with van der Waals surface area (Å²) < 4.78 is 0. The highest BCUT2D eigenvalue weighted by Gasteiger charge is 2.32. The van der Waals surface area contributed by atoms with Crippen LogP contribution in [0.5, 0.6) is 0 Å². The summed E-state index contributed by atoms with van der Waals surface area (Å²) in [4.78, 5) is 39.7. The lowest BCUT2D eigenvalue weighted by Crippen LogP contribution is -2.50. The molecule has 1 aromatic carbocycles. The van der Waals surface area contributed by atoms with Crippen molar-refractivity contribution in [1.29, 1.82) is 0 Å². The minimum Gasteiger partial charge on any atom is -0.368 e. The topological polar surface area (TPSA) is 119 Å². The molecule has 1 atom stereocenters. The average molecular weight is 413 g/mol. The molecule has 0 radical (unpaired) electrons. The molecule has 1 aliphatic heterocycles. The van der Waals surface area contributed by atoms with Gasteiger partial charge in [0.25, 0.3) is 5.91 Å². The van der Waals surface area contributed by atoms with Crippen LogP contribution in [-0.4, -0.2) is 35.2 Å². The SMILES string of the molecule is NC(=O)c1c(NC(=O)CN2Cc3ccccc3C[C@H]2C(N)=O)sc2c1CCCC2. The Morgan fingerprint density at radius 3 is 2.55 bits per heavy atom. The molecule has 0 unspecified atom stereocenters. The Kier molecular flexibility index (Phi) is 5.38. The molecule has 2 aliphatic rings. The monoisotopic (exact) mass is 412 g/mol. The number of benzene rings is 1. The first-order valence-electron chi connectivity index (χ1n) is 9.78. The predicted octanol–water partition coefficient (Wildman–Crippen LogP) is 1.58. The van der Waals surface area contributed by atoms with Gasteiger partial charge in [-0.15, -0.1) is 11.3 Å². The van der Waals surface area contributed by atoms with E-state index in [-0.39, 0.29) is 12.5 Å². The Hall–Kier alpha value is -2.71. The van der Waals surface area contributed by atoms with Crippen molar-refractivity contribution in [2.75, 3.05) is 11.9 Å². The molecule has 7 nitrogen and oxygen atoms in total. The first-order chi connectivity index (χ1) is 13.9. The van der Waals surface area contributed by atoms with Crippen molar-refractivity contribution in [3.8, 4) is 0 Å². The van der Waals surface area contributed by atoms with Crippen LogP contribution < -0.4 is 16.8 Å². The number of primary amides is 2. The number of carbonyl (C=O) groups excluding carboxylic acids is 3. The van der Waals surface area contributed by atoms with E-state index < -0.39 is 17.9 Å². The summed E-state index contributed by atoms with van der Waals surface area (Å²) in [5, 5.41) is 3.38. The summed E-state index contributed by atoms with van der Waals surface area (Å²) in [5.41, 5.74) is 14.8. The Labute approximate surface area is 173 Å². The second-order valence-electron chi connectivity index (χ2n) is 7.62. The molecule has 29 heavy (non-hydrogen) atoms. The van der Waals surface area contributed by atoms with Gasteiger partial charge in [-0.3, -0.25) is 19.3 Å². The molecule has 0 saturated heterocycles. The number of anilines is 1. The maximum Gasteiger partial charge on any atom is 0.251 e. The van der Waals surface area contributed by atoms with Crippen LogP contribution in [0.1, 0.15) is 44.8 Å². The second kappa shape index (κ2) is 7.96. The zero-order chi connectivity index (χ0) is 20.5. The van der Waals surface area contributed by atoms with Gasteiger partial charge in [0.05, 0.1) is 18.2 Å². The highest BCUT2D eigenvalue weighted by atomic mass is 32.1. The number of hydrogen-bond acceptors (Lipinski definition) is 5. The first-order valence-corrected chi connectivity index (χ1v) is 10.6. The zero-order valence-electron chi connectivity index (χ0n) is 16.1. The fourth-order valence-electron chi connectivity index (χ4n) is 4.29. The highest BCUT2D eigenvalue weighted by molar-refractivity contribution is 7.17. The molecule has 152 valence electrons. The maximum atomic E-state index is 12.8. The Morgan fingerprint density at radius 2 is 1.83 bits per heavy atom. The van der Waals surface area contributed by atoms with Gasteiger partial charge in [-0.2, -0.15) is 0 Å². The van der Waals surface area contributed by atoms with E-state index in [2.05, 4.69) is 5.32 Å². The van der Waals surface area contributed by atoms with Crippen LogP contribution in [0.15, 0.2) is 24.3 Å². The van der Waals surface area contributed by atoms with Gasteiger partial charge in [0.2, 0.25) is 11.8 Å². The molecule has 3 amide bonds. The summed E-state index contributed by atoms with van der Waals surface area (Å²) in [5.74, 6) is -1.24. The summed E-state index contributed by atoms with van der Waals surface area (Å²) in [6, 6.07) is 7.32. The number of thiophene rings is 1. The van der Waals surface area contributed by atoms with E-state index in [1.807, 2.05) is 24.3 Å². The third kappa shape index (κ3) is 3.90. The number of nitrogens with two attached hydrogens (primary N) is 2. The molecule has 2 aromatic rings. The third-order valence-corrected chi connectivity index (χ3v) is 6.90. The van der Waals surface area contributed by atoms with Gasteiger partial charge in [-0.25, -0.2) is 0 Å². The van der Waals surface area contributed by atoms with Crippen LogP contribution in [-0.2, 0) is 35.4 Å². The fraction of sp³-hybridized carbons (Fsp3) is 0.381. The first kappa shape index (κ1) is 19.6. The summed E-state index contributed by atoms with van der Waals surface area (Å²) >= 11 is 1.43. The van der Waals surface area contributed by atoms with E-state index >= 15 is 0 Å². The molecule has 2 heterocycles. The van der Waals surface area contributed by atoms with Gasteiger partial charge < -0.3 is 16.8 Å². The zero-order valence-corrected chi connectivity index (χ0v) is 16.9. The Morgan fingerprint density at radius 1 is 1.10 bits per heavy atom. The average Bonchev–Trinajstić information content (AvgIpc) is 3.05. The highest BCUT2D eigenvalue weighted by Crippen LogP contribution is 2.38. The number of nitrogens with one attached hydrogen (secondary N) is 1. The molecule has 4 rings (SSSR count). The number of fused-ring (bicyclic) bond motifs is 2. The van der Waals surface area contributed by atoms with Crippen LogP contribution in [0, 0.1) is 0 Å². The van der Waals surface area contributed by atoms with E-state index in [0.29, 0.717) is 23.5 Å². The number of rotatable bonds is 5. The minimum atomic E-state index is -0.539.